The average molecular weight is 2010 g/mol. The molecule has 1 aliphatic carbocycles. The number of carboxylic acid groups (broad SMARTS) is 2. The molecule has 0 unspecified atom stereocenters. The molecule has 2 aliphatic heterocycles. The van der Waals surface area contributed by atoms with Crippen LogP contribution in [0.25, 0.3) is 0 Å². The van der Waals surface area contributed by atoms with Gasteiger partial charge in [-0.2, -0.15) is 0 Å². The molecular weight excluding hydrogens is 1860 g/mol. The Kier molecular flexibility index (Phi) is 46.0. The number of rotatable bonds is 28. The Balaban J connectivity index is 0.000000435. The van der Waals surface area contributed by atoms with E-state index in [1.807, 2.05) is 185 Å². The second kappa shape index (κ2) is 52.7. The van der Waals surface area contributed by atoms with Crippen molar-refractivity contribution in [2.75, 3.05) is 28.3 Å². The number of esters is 1. The molecule has 31 heteroatoms. The number of carbonyl (C=O) groups is 8. The SMILES string of the molecule is C.C.C.C.CN(Cc1cncc(C(=O)O)c1)C(=O)c1ccc(C[C@@H]2CC[C@H]([C@H](O)c3ccc(Cl)cc3)C2)cc1.CN(Cc1cncc(C(=O)O)c1)C(=O)c1ccc(C[C@@H]2CC[C@H]([C@H](O[Si](C)(C)C(C)(C)C)c3ccc(Cl)cc3)N2C(=O)OC(C)(C)C)cc1.COC(=O)c1cncc(CN(C)C(=O)c2ccc(C[C@@H]3CC[C@H]([C@H](O[Si](C)(C)C(C)(C)C)c4ccc(Cl)cc4)N3C(=O)OC(C)(C)C)cc2)c1.[Li+].[OH-]. The summed E-state index contributed by atoms with van der Waals surface area (Å²) >= 11 is 18.5. The molecule has 0 bridgehead atoms. The molecular formula is C109H148Cl3LiN8O17Si2. The molecule has 2 saturated heterocycles. The molecule has 3 aromatic heterocycles. The largest absolute Gasteiger partial charge is 1.00 e. The van der Waals surface area contributed by atoms with Gasteiger partial charge < -0.3 is 58.6 Å². The summed E-state index contributed by atoms with van der Waals surface area (Å²) in [5.74, 6) is -2.35. The van der Waals surface area contributed by atoms with Crippen molar-refractivity contribution in [2.45, 2.75) is 287 Å². The van der Waals surface area contributed by atoms with Crippen LogP contribution in [0.1, 0.15) is 288 Å². The molecule has 6 aromatic carbocycles. The van der Waals surface area contributed by atoms with Gasteiger partial charge in [0.25, 0.3) is 17.7 Å². The predicted molar refractivity (Wildman–Crippen MR) is 557 cm³/mol. The van der Waals surface area contributed by atoms with Gasteiger partial charge >= 0.3 is 49.0 Å². The van der Waals surface area contributed by atoms with Crippen molar-refractivity contribution in [2.24, 2.45) is 11.8 Å². The predicted octanol–water partition coefficient (Wildman–Crippen LogP) is 22.4. The number of halogens is 3. The first-order valence-electron chi connectivity index (χ1n) is 45.6. The number of aliphatic hydroxyl groups excluding tert-OH is 1. The summed E-state index contributed by atoms with van der Waals surface area (Å²) in [6.07, 6.45) is 15.0. The van der Waals surface area contributed by atoms with Crippen LogP contribution in [0.3, 0.4) is 0 Å². The smallest absolute Gasteiger partial charge is 0.870 e. The second-order valence-electron chi connectivity index (χ2n) is 40.5. The monoisotopic (exact) mass is 2010 g/mol. The zero-order valence-corrected chi connectivity index (χ0v) is 86.5. The Morgan fingerprint density at radius 3 is 1.01 bits per heavy atom. The summed E-state index contributed by atoms with van der Waals surface area (Å²) in [6, 6.07) is 49.5. The number of hydrogen-bond donors (Lipinski definition) is 3. The summed E-state index contributed by atoms with van der Waals surface area (Å²) in [5, 5.41) is 31.0. The summed E-state index contributed by atoms with van der Waals surface area (Å²) < 4.78 is 31.1. The van der Waals surface area contributed by atoms with Gasteiger partial charge in [0.05, 0.1) is 54.2 Å². The topological polar surface area (TPSA) is 328 Å². The Labute approximate surface area is 859 Å². The van der Waals surface area contributed by atoms with E-state index < -0.39 is 51.8 Å². The van der Waals surface area contributed by atoms with Crippen molar-refractivity contribution in [1.29, 1.82) is 0 Å². The maximum atomic E-state index is 14.0. The van der Waals surface area contributed by atoms with Gasteiger partial charge in [0.1, 0.15) is 11.2 Å². The summed E-state index contributed by atoms with van der Waals surface area (Å²) in [6.45, 7) is 34.2. The number of hydrogen-bond acceptors (Lipinski definition) is 18. The molecule has 0 radical (unpaired) electrons. The number of likely N-dealkylation sites (tertiary alicyclic amines) is 2. The van der Waals surface area contributed by atoms with E-state index in [9.17, 15) is 48.6 Å². The first-order valence-corrected chi connectivity index (χ1v) is 52.5. The van der Waals surface area contributed by atoms with Crippen molar-refractivity contribution < 1.29 is 101 Å². The summed E-state index contributed by atoms with van der Waals surface area (Å²) in [5.41, 5.74) is 8.83. The number of aromatic carboxylic acids is 2. The second-order valence-corrected chi connectivity index (χ2v) is 51.4. The summed E-state index contributed by atoms with van der Waals surface area (Å²) in [7, 11) is 1.84. The van der Waals surface area contributed by atoms with Gasteiger partial charge in [-0.1, -0.05) is 179 Å². The third-order valence-electron chi connectivity index (χ3n) is 25.8. The quantitative estimate of drug-likeness (QED) is 0.0233. The van der Waals surface area contributed by atoms with Crippen LogP contribution in [-0.4, -0.2) is 188 Å². The van der Waals surface area contributed by atoms with Crippen LogP contribution >= 0.6 is 34.8 Å². The Morgan fingerprint density at radius 1 is 0.414 bits per heavy atom. The van der Waals surface area contributed by atoms with E-state index in [0.29, 0.717) is 72.8 Å². The van der Waals surface area contributed by atoms with Gasteiger partial charge in [-0.25, -0.2) is 24.0 Å². The normalized spacial score (nSPS) is 16.9. The van der Waals surface area contributed by atoms with Crippen LogP contribution < -0.4 is 18.9 Å². The number of nitrogens with zero attached hydrogens (tertiary/aromatic N) is 8. The number of aliphatic hydroxyl groups is 1. The first kappa shape index (κ1) is 122. The zero-order chi connectivity index (χ0) is 98.3. The third kappa shape index (κ3) is 33.8. The molecule has 9 aromatic rings. The molecule has 140 heavy (non-hydrogen) atoms. The molecule has 4 N–H and O–H groups in total. The Hall–Kier alpha value is -10.1. The van der Waals surface area contributed by atoms with Crippen LogP contribution in [0.2, 0.25) is 51.3 Å². The van der Waals surface area contributed by atoms with Crippen molar-refractivity contribution >= 4 is 99.3 Å². The molecule has 9 atom stereocenters. The van der Waals surface area contributed by atoms with Gasteiger partial charge in [-0.3, -0.25) is 39.1 Å². The van der Waals surface area contributed by atoms with Gasteiger partial charge in [0, 0.05) is 122 Å². The van der Waals surface area contributed by atoms with E-state index in [1.165, 1.54) is 48.3 Å². The number of amides is 5. The fourth-order valence-corrected chi connectivity index (χ4v) is 19.6. The first-order chi connectivity index (χ1) is 62.8. The average Bonchev–Trinajstić information content (AvgIpc) is 1.53. The molecule has 756 valence electrons. The molecule has 25 nitrogen and oxygen atoms in total. The fourth-order valence-electron chi connectivity index (χ4n) is 16.7. The van der Waals surface area contributed by atoms with E-state index in [2.05, 4.69) is 82.7 Å². The van der Waals surface area contributed by atoms with E-state index in [4.69, 9.17) is 63.0 Å². The van der Waals surface area contributed by atoms with Crippen molar-refractivity contribution in [3.8, 4) is 0 Å². The maximum Gasteiger partial charge on any atom is 1.00 e. The Bertz CT molecular complexity index is 5550. The third-order valence-corrected chi connectivity index (χ3v) is 35.4. The molecule has 0 spiro atoms. The van der Waals surface area contributed by atoms with Crippen LogP contribution in [0.4, 0.5) is 9.59 Å². The minimum absolute atomic E-state index is 0. The van der Waals surface area contributed by atoms with Crippen molar-refractivity contribution in [3.63, 3.8) is 0 Å². The van der Waals surface area contributed by atoms with E-state index in [0.717, 1.165) is 79.2 Å². The van der Waals surface area contributed by atoms with Crippen molar-refractivity contribution in [3.05, 3.63) is 299 Å². The number of carboxylic acids is 2. The molecule has 1 saturated carbocycles. The number of aromatic nitrogens is 3. The van der Waals surface area contributed by atoms with Crippen LogP contribution in [-0.2, 0) is 62.0 Å². The number of pyridine rings is 3. The zero-order valence-electron chi connectivity index (χ0n) is 82.2. The molecule has 3 fully saturated rings. The molecule has 5 amide bonds. The van der Waals surface area contributed by atoms with Crippen molar-refractivity contribution in [1.82, 2.24) is 39.5 Å². The molecule has 3 aliphatic rings. The minimum atomic E-state index is -2.28. The molecule has 12 rings (SSSR count). The van der Waals surface area contributed by atoms with Crippen LogP contribution in [0.5, 0.6) is 0 Å². The van der Waals surface area contributed by atoms with E-state index >= 15 is 0 Å². The molecule has 5 heterocycles. The maximum absolute atomic E-state index is 14.0. The van der Waals surface area contributed by atoms with Gasteiger partial charge in [-0.05, 0) is 295 Å². The van der Waals surface area contributed by atoms with Gasteiger partial charge in [0.2, 0.25) is 0 Å². The minimum Gasteiger partial charge on any atom is -0.870 e. The number of carbonyl (C=O) groups excluding carboxylic acids is 6. The van der Waals surface area contributed by atoms with Gasteiger partial charge in [0.15, 0.2) is 16.6 Å². The fraction of sp³-hybridized carbons (Fsp3) is 0.459. The summed E-state index contributed by atoms with van der Waals surface area (Å²) in [4.78, 5) is 122. The Morgan fingerprint density at radius 2 is 0.714 bits per heavy atom. The number of ether oxygens (including phenoxy) is 3. The number of benzene rings is 6. The van der Waals surface area contributed by atoms with E-state index in [1.54, 1.807) is 67.7 Å². The van der Waals surface area contributed by atoms with E-state index in [-0.39, 0.29) is 167 Å². The van der Waals surface area contributed by atoms with Gasteiger partial charge in [-0.15, -0.1) is 0 Å². The standard InChI is InChI=1S/C39H52ClN3O6Si.C38H50ClN3O6Si.C28H29ClN2O4.4CH4.Li.H2O/c1-38(2,3)48-37(46)43-32(19-20-33(43)34(28-15-17-31(40)18-16-28)49-50(9,10)39(4,5)6)22-26-11-13-29(14-12-26)35(44)42(7)25-27-21-30(24-41-23-27)36(45)47-8;1-37(2,3)47-36(46)42-31(18-19-32(42)33(27-14-16-30(39)17-15-27)48-49(8,9)38(4,5)6)21-25-10-12-28(13-11-25)34(43)41(7)24-26-20-29(35(44)45)23-40-22-26;1-31(17-20-14-24(28(34)35)16-30-15-20)27(33)22-5-2-18(3-6-22)12-19-4-7-23(13-19)26(32)21-8-10-25(29)11-9-21;;;;;;/h11-18,21,23-24,32-34H,19-20,22,25H2,1-10H3;10-17,20,22-23,31-33H,18-19,21,24H2,1-9H3,(H,44,45);2-3,5-6,8-11,14-16,19,23,26,32H,4,7,12-13,17H2,1H3,(H,34,35);4*1H4;;1H2/q;;;;;;;+1;/p-1/t32-,33+,34+;31-,32+,33+;19-,23-,26+;;;;;;/m000....../s1. The van der Waals surface area contributed by atoms with Crippen LogP contribution in [0.15, 0.2) is 201 Å². The number of methoxy groups -OCH3 is 1. The van der Waals surface area contributed by atoms with Crippen LogP contribution in [0, 0.1) is 11.8 Å².